The van der Waals surface area contributed by atoms with Gasteiger partial charge >= 0.3 is 109 Å². The number of rotatable bonds is 3. The maximum absolute atomic E-state index is 2.37. The van der Waals surface area contributed by atoms with Crippen LogP contribution in [0.4, 0.5) is 0 Å². The summed E-state index contributed by atoms with van der Waals surface area (Å²) < 4.78 is 5.15. The maximum Gasteiger partial charge on any atom is -0.147 e. The van der Waals surface area contributed by atoms with E-state index in [2.05, 4.69) is 54.0 Å². The van der Waals surface area contributed by atoms with E-state index in [9.17, 15) is 0 Å². The average molecular weight is 341 g/mol. The number of hydrogen-bond donors (Lipinski definition) is 0. The third-order valence-corrected chi connectivity index (χ3v) is 12.3. The predicted octanol–water partition coefficient (Wildman–Crippen LogP) is 4.10. The zero-order chi connectivity index (χ0) is 10.8. The van der Waals surface area contributed by atoms with Crippen molar-refractivity contribution in [3.63, 3.8) is 0 Å². The van der Waals surface area contributed by atoms with Crippen LogP contribution in [0.15, 0.2) is 60.5 Å². The van der Waals surface area contributed by atoms with Crippen molar-refractivity contribution in [1.82, 2.24) is 0 Å². The van der Waals surface area contributed by atoms with Gasteiger partial charge in [-0.25, -0.2) is 0 Å². The number of hydrogen-bond acceptors (Lipinski definition) is 1. The monoisotopic (exact) mass is 339 g/mol. The topological polar surface area (TPSA) is 0 Å². The van der Waals surface area contributed by atoms with Crippen molar-refractivity contribution < 1.29 is 21.8 Å². The summed E-state index contributed by atoms with van der Waals surface area (Å²) in [4.78, 5) is 0. The Kier molecular flexibility index (Phi) is 4.79. The van der Waals surface area contributed by atoms with Gasteiger partial charge in [-0.05, 0) is 0 Å². The van der Waals surface area contributed by atoms with Crippen molar-refractivity contribution in [2.24, 2.45) is 0 Å². The van der Waals surface area contributed by atoms with Crippen molar-refractivity contribution in [2.45, 2.75) is 12.8 Å². The molecule has 0 spiro atoms. The molecule has 0 aromatic carbocycles. The maximum atomic E-state index is 2.37. The van der Waals surface area contributed by atoms with E-state index in [4.69, 9.17) is 0 Å². The molecule has 0 saturated heterocycles. The van der Waals surface area contributed by atoms with Crippen LogP contribution in [0.5, 0.6) is 0 Å². The summed E-state index contributed by atoms with van der Waals surface area (Å²) in [5, 5.41) is 2.22. The molecular formula is C14H14ClSZr. The molecule has 17 heavy (non-hydrogen) atoms. The molecule has 0 N–H and O–H groups in total. The third-order valence-electron chi connectivity index (χ3n) is 2.95. The van der Waals surface area contributed by atoms with Gasteiger partial charge in [-0.3, -0.25) is 0 Å². The van der Waals surface area contributed by atoms with Gasteiger partial charge in [-0.1, -0.05) is 0 Å². The van der Waals surface area contributed by atoms with Crippen molar-refractivity contribution >= 4 is 26.3 Å². The largest absolute Gasteiger partial charge is 0.147 e. The number of thiophene rings is 1. The SMILES string of the molecule is C1=CC[C]([Zr]([C]2=CC=CC2)[c]2cccs2)=C1.Cl. The minimum atomic E-state index is -1.68. The second-order valence-corrected chi connectivity index (χ2v) is 12.2. The van der Waals surface area contributed by atoms with E-state index in [1.54, 1.807) is 9.15 Å². The first-order valence-electron chi connectivity index (χ1n) is 5.58. The fourth-order valence-corrected chi connectivity index (χ4v) is 11.8. The Balaban J connectivity index is 0.00000108. The van der Waals surface area contributed by atoms with Crippen LogP contribution in [0.25, 0.3) is 0 Å². The van der Waals surface area contributed by atoms with Crippen molar-refractivity contribution in [1.29, 1.82) is 0 Å². The van der Waals surface area contributed by atoms with E-state index in [1.165, 1.54) is 12.8 Å². The van der Waals surface area contributed by atoms with Gasteiger partial charge in [-0.2, -0.15) is 0 Å². The van der Waals surface area contributed by atoms with E-state index in [0.717, 1.165) is 0 Å². The molecule has 0 unspecified atom stereocenters. The fourth-order valence-electron chi connectivity index (χ4n) is 2.21. The van der Waals surface area contributed by atoms with Crippen LogP contribution in [0.3, 0.4) is 0 Å². The number of halogens is 1. The zero-order valence-electron chi connectivity index (χ0n) is 9.43. The second-order valence-electron chi connectivity index (χ2n) is 4.00. The summed E-state index contributed by atoms with van der Waals surface area (Å²) in [6.07, 6.45) is 16.2. The summed E-state index contributed by atoms with van der Waals surface area (Å²) in [5.41, 5.74) is 0. The Morgan fingerprint density at radius 1 is 1.00 bits per heavy atom. The quantitative estimate of drug-likeness (QED) is 0.777. The molecule has 3 rings (SSSR count). The van der Waals surface area contributed by atoms with Crippen molar-refractivity contribution in [3.05, 3.63) is 60.5 Å². The summed E-state index contributed by atoms with van der Waals surface area (Å²) in [6, 6.07) is 4.55. The zero-order valence-corrected chi connectivity index (χ0v) is 13.5. The van der Waals surface area contributed by atoms with Crippen molar-refractivity contribution in [2.75, 3.05) is 0 Å². The molecule has 1 aromatic heterocycles. The molecule has 0 aliphatic heterocycles. The number of allylic oxidation sites excluding steroid dienone is 8. The first kappa shape index (κ1) is 13.3. The third kappa shape index (κ3) is 2.81. The normalized spacial score (nSPS) is 16.7. The molecule has 87 valence electrons. The average Bonchev–Trinajstić information content (AvgIpc) is 3.02. The van der Waals surface area contributed by atoms with Crippen LogP contribution in [0, 0.1) is 0 Å². The van der Waals surface area contributed by atoms with Crippen LogP contribution in [-0.4, -0.2) is 0 Å². The van der Waals surface area contributed by atoms with Gasteiger partial charge in [0.1, 0.15) is 0 Å². The molecule has 0 nitrogen and oxygen atoms in total. The Morgan fingerprint density at radius 3 is 2.06 bits per heavy atom. The predicted molar refractivity (Wildman–Crippen MR) is 74.9 cm³/mol. The minimum absolute atomic E-state index is 0. The summed E-state index contributed by atoms with van der Waals surface area (Å²) in [7, 11) is 0. The van der Waals surface area contributed by atoms with Crippen LogP contribution in [0.2, 0.25) is 0 Å². The van der Waals surface area contributed by atoms with Crippen LogP contribution >= 0.6 is 23.7 Å². The van der Waals surface area contributed by atoms with Gasteiger partial charge in [0.15, 0.2) is 0 Å². The van der Waals surface area contributed by atoms with Gasteiger partial charge in [0.25, 0.3) is 0 Å². The second kappa shape index (κ2) is 6.13. The Labute approximate surface area is 121 Å². The minimum Gasteiger partial charge on any atom is -0.147 e. The Bertz CT molecular complexity index is 464. The molecule has 0 radical (unpaired) electrons. The molecule has 3 heteroatoms. The molecule has 0 saturated carbocycles. The molecular weight excluding hydrogens is 327 g/mol. The molecule has 2 aliphatic carbocycles. The van der Waals surface area contributed by atoms with E-state index < -0.39 is 21.8 Å². The molecule has 1 aromatic rings. The summed E-state index contributed by atoms with van der Waals surface area (Å²) in [6.45, 7) is 0. The van der Waals surface area contributed by atoms with Gasteiger partial charge in [0, 0.05) is 0 Å². The molecule has 1 heterocycles. The smallest absolute Gasteiger partial charge is 0.147 e. The van der Waals surface area contributed by atoms with Crippen LogP contribution in [-0.2, 0) is 21.8 Å². The van der Waals surface area contributed by atoms with E-state index in [1.807, 2.05) is 11.3 Å². The first-order valence-corrected chi connectivity index (χ1v) is 10.1. The van der Waals surface area contributed by atoms with Gasteiger partial charge in [0.2, 0.25) is 0 Å². The van der Waals surface area contributed by atoms with Gasteiger partial charge in [-0.15, -0.1) is 12.4 Å². The van der Waals surface area contributed by atoms with Crippen LogP contribution < -0.4 is 2.59 Å². The Morgan fingerprint density at radius 2 is 1.65 bits per heavy atom. The molecule has 0 bridgehead atoms. The molecule has 2 aliphatic rings. The Hall–Kier alpha value is -0.167. The van der Waals surface area contributed by atoms with Gasteiger partial charge in [0.05, 0.1) is 0 Å². The van der Waals surface area contributed by atoms with Crippen LogP contribution in [0.1, 0.15) is 12.8 Å². The fraction of sp³-hybridized carbons (Fsp3) is 0.143. The molecule has 0 atom stereocenters. The molecule has 0 fully saturated rings. The summed E-state index contributed by atoms with van der Waals surface area (Å²) in [5.74, 6) is 0. The van der Waals surface area contributed by atoms with Gasteiger partial charge < -0.3 is 0 Å². The first-order chi connectivity index (χ1) is 7.95. The van der Waals surface area contributed by atoms with E-state index in [0.29, 0.717) is 0 Å². The molecule has 0 amide bonds. The van der Waals surface area contributed by atoms with E-state index >= 15 is 0 Å². The standard InChI is InChI=1S/2C5H5.C4H3S.ClH.Zr/c3*1-2-4-5-3-1;;/h2*1-3H,4H2;1-3H;1H;. The summed E-state index contributed by atoms with van der Waals surface area (Å²) >= 11 is 0.277. The van der Waals surface area contributed by atoms with Crippen molar-refractivity contribution in [3.8, 4) is 0 Å². The van der Waals surface area contributed by atoms with E-state index in [-0.39, 0.29) is 12.4 Å².